The standard InChI is InChI=1S/C23H27NO/c1-2-3-9-23(25)24-16-14-20(15-17-24)18-19-10-12-22(13-11-19)21-7-5-4-6-8-21/h2,4-8,10-13,20H,1,3,9,14-18H2. The topological polar surface area (TPSA) is 20.3 Å². The number of carbonyl (C=O) groups excluding carboxylic acids is 1. The minimum absolute atomic E-state index is 0.283. The molecule has 0 bridgehead atoms. The summed E-state index contributed by atoms with van der Waals surface area (Å²) < 4.78 is 0. The molecule has 0 unspecified atom stereocenters. The zero-order chi connectivity index (χ0) is 17.5. The molecule has 2 heteroatoms. The van der Waals surface area contributed by atoms with E-state index < -0.39 is 0 Å². The van der Waals surface area contributed by atoms with E-state index in [1.165, 1.54) is 16.7 Å². The predicted molar refractivity (Wildman–Crippen MR) is 104 cm³/mol. The van der Waals surface area contributed by atoms with Crippen LogP contribution in [0.4, 0.5) is 0 Å². The fraction of sp³-hybridized carbons (Fsp3) is 0.348. The van der Waals surface area contributed by atoms with E-state index in [4.69, 9.17) is 0 Å². The van der Waals surface area contributed by atoms with Crippen LogP contribution < -0.4 is 0 Å². The van der Waals surface area contributed by atoms with Gasteiger partial charge in [-0.05, 0) is 48.3 Å². The van der Waals surface area contributed by atoms with Gasteiger partial charge in [-0.3, -0.25) is 4.79 Å². The fourth-order valence-corrected chi connectivity index (χ4v) is 3.57. The Labute approximate surface area is 151 Å². The van der Waals surface area contributed by atoms with E-state index >= 15 is 0 Å². The quantitative estimate of drug-likeness (QED) is 0.673. The van der Waals surface area contributed by atoms with Crippen LogP contribution >= 0.6 is 0 Å². The zero-order valence-corrected chi connectivity index (χ0v) is 14.9. The van der Waals surface area contributed by atoms with Crippen LogP contribution in [0.15, 0.2) is 67.3 Å². The molecular weight excluding hydrogens is 306 g/mol. The number of rotatable bonds is 6. The van der Waals surface area contributed by atoms with E-state index in [9.17, 15) is 4.79 Å². The Morgan fingerprint density at radius 1 is 1.00 bits per heavy atom. The highest BCUT2D eigenvalue weighted by Crippen LogP contribution is 2.24. The summed E-state index contributed by atoms with van der Waals surface area (Å²) in [4.78, 5) is 14.1. The summed E-state index contributed by atoms with van der Waals surface area (Å²) in [6.07, 6.45) is 6.55. The lowest BCUT2D eigenvalue weighted by Gasteiger charge is -2.32. The number of benzene rings is 2. The average molecular weight is 333 g/mol. The molecule has 1 saturated heterocycles. The molecule has 0 spiro atoms. The van der Waals surface area contributed by atoms with E-state index in [2.05, 4.69) is 55.1 Å². The van der Waals surface area contributed by atoms with Gasteiger partial charge in [0, 0.05) is 19.5 Å². The van der Waals surface area contributed by atoms with Crippen LogP contribution in [-0.2, 0) is 11.2 Å². The summed E-state index contributed by atoms with van der Waals surface area (Å²) >= 11 is 0. The first-order valence-electron chi connectivity index (χ1n) is 9.29. The van der Waals surface area contributed by atoms with Gasteiger partial charge >= 0.3 is 0 Å². The number of amides is 1. The molecule has 2 nitrogen and oxygen atoms in total. The highest BCUT2D eigenvalue weighted by atomic mass is 16.2. The maximum absolute atomic E-state index is 12.1. The molecule has 3 rings (SSSR count). The lowest BCUT2D eigenvalue weighted by Crippen LogP contribution is -2.38. The van der Waals surface area contributed by atoms with Gasteiger partial charge < -0.3 is 4.90 Å². The molecule has 0 aliphatic carbocycles. The zero-order valence-electron chi connectivity index (χ0n) is 14.9. The molecule has 0 saturated carbocycles. The Kier molecular flexibility index (Phi) is 6.05. The number of piperidine rings is 1. The van der Waals surface area contributed by atoms with Crippen molar-refractivity contribution in [3.05, 3.63) is 72.8 Å². The van der Waals surface area contributed by atoms with Gasteiger partial charge in [-0.25, -0.2) is 0 Å². The van der Waals surface area contributed by atoms with Crippen LogP contribution in [0.2, 0.25) is 0 Å². The Bertz CT molecular complexity index is 682. The number of carbonyl (C=O) groups is 1. The van der Waals surface area contributed by atoms with Crippen molar-refractivity contribution in [1.29, 1.82) is 0 Å². The second-order valence-electron chi connectivity index (χ2n) is 6.92. The van der Waals surface area contributed by atoms with Crippen LogP contribution in [0, 0.1) is 5.92 Å². The highest BCUT2D eigenvalue weighted by molar-refractivity contribution is 5.76. The van der Waals surface area contributed by atoms with Crippen molar-refractivity contribution in [3.8, 4) is 11.1 Å². The van der Waals surface area contributed by atoms with Crippen molar-refractivity contribution in [2.45, 2.75) is 32.1 Å². The largest absolute Gasteiger partial charge is 0.343 e. The molecule has 2 aromatic carbocycles. The normalized spacial score (nSPS) is 15.1. The van der Waals surface area contributed by atoms with Gasteiger partial charge in [-0.1, -0.05) is 60.7 Å². The monoisotopic (exact) mass is 333 g/mol. The summed E-state index contributed by atoms with van der Waals surface area (Å²) in [7, 11) is 0. The minimum atomic E-state index is 0.283. The molecule has 1 fully saturated rings. The molecule has 25 heavy (non-hydrogen) atoms. The molecule has 0 radical (unpaired) electrons. The second-order valence-corrected chi connectivity index (χ2v) is 6.92. The third kappa shape index (κ3) is 4.82. The number of likely N-dealkylation sites (tertiary alicyclic amines) is 1. The Balaban J connectivity index is 1.51. The molecule has 1 aliphatic heterocycles. The van der Waals surface area contributed by atoms with E-state index in [1.54, 1.807) is 0 Å². The Hall–Kier alpha value is -2.35. The third-order valence-corrected chi connectivity index (χ3v) is 5.11. The van der Waals surface area contributed by atoms with Gasteiger partial charge in [0.05, 0.1) is 0 Å². The highest BCUT2D eigenvalue weighted by Gasteiger charge is 2.22. The van der Waals surface area contributed by atoms with Gasteiger partial charge in [-0.2, -0.15) is 0 Å². The molecule has 1 aliphatic rings. The van der Waals surface area contributed by atoms with Crippen LogP contribution in [-0.4, -0.2) is 23.9 Å². The number of hydrogen-bond donors (Lipinski definition) is 0. The first kappa shape index (κ1) is 17.5. The summed E-state index contributed by atoms with van der Waals surface area (Å²) in [5.41, 5.74) is 3.93. The number of allylic oxidation sites excluding steroid dienone is 1. The molecule has 0 aromatic heterocycles. The van der Waals surface area contributed by atoms with Crippen molar-refractivity contribution in [3.63, 3.8) is 0 Å². The molecule has 0 N–H and O–H groups in total. The van der Waals surface area contributed by atoms with Crippen molar-refractivity contribution in [1.82, 2.24) is 4.90 Å². The van der Waals surface area contributed by atoms with E-state index in [0.717, 1.165) is 38.8 Å². The lowest BCUT2D eigenvalue weighted by molar-refractivity contribution is -0.132. The van der Waals surface area contributed by atoms with Crippen molar-refractivity contribution >= 4 is 5.91 Å². The van der Waals surface area contributed by atoms with Gasteiger partial charge in [-0.15, -0.1) is 6.58 Å². The third-order valence-electron chi connectivity index (χ3n) is 5.11. The molecule has 130 valence electrons. The summed E-state index contributed by atoms with van der Waals surface area (Å²) in [6, 6.07) is 19.4. The minimum Gasteiger partial charge on any atom is -0.343 e. The fourth-order valence-electron chi connectivity index (χ4n) is 3.57. The molecule has 1 amide bonds. The van der Waals surface area contributed by atoms with E-state index in [-0.39, 0.29) is 5.91 Å². The summed E-state index contributed by atoms with van der Waals surface area (Å²) in [6.45, 7) is 5.50. The van der Waals surface area contributed by atoms with Crippen molar-refractivity contribution in [2.75, 3.05) is 13.1 Å². The average Bonchev–Trinajstić information content (AvgIpc) is 2.68. The SMILES string of the molecule is C=CCCC(=O)N1CCC(Cc2ccc(-c3ccccc3)cc2)CC1. The van der Waals surface area contributed by atoms with Crippen molar-refractivity contribution in [2.24, 2.45) is 5.92 Å². The van der Waals surface area contributed by atoms with E-state index in [0.29, 0.717) is 12.3 Å². The predicted octanol–water partition coefficient (Wildman–Crippen LogP) is 5.10. The Morgan fingerprint density at radius 2 is 1.64 bits per heavy atom. The van der Waals surface area contributed by atoms with Crippen molar-refractivity contribution < 1.29 is 4.79 Å². The summed E-state index contributed by atoms with van der Waals surface area (Å²) in [5, 5.41) is 0. The van der Waals surface area contributed by atoms with Crippen LogP contribution in [0.5, 0.6) is 0 Å². The first-order chi connectivity index (χ1) is 12.3. The van der Waals surface area contributed by atoms with Crippen LogP contribution in [0.25, 0.3) is 11.1 Å². The maximum Gasteiger partial charge on any atom is 0.222 e. The van der Waals surface area contributed by atoms with Gasteiger partial charge in [0.25, 0.3) is 0 Å². The maximum atomic E-state index is 12.1. The first-order valence-corrected chi connectivity index (χ1v) is 9.29. The molecular formula is C23H27NO. The van der Waals surface area contributed by atoms with Crippen LogP contribution in [0.3, 0.4) is 0 Å². The van der Waals surface area contributed by atoms with Gasteiger partial charge in [0.2, 0.25) is 5.91 Å². The Morgan fingerprint density at radius 3 is 2.28 bits per heavy atom. The number of hydrogen-bond acceptors (Lipinski definition) is 1. The number of nitrogens with zero attached hydrogens (tertiary/aromatic N) is 1. The van der Waals surface area contributed by atoms with Gasteiger partial charge in [0.15, 0.2) is 0 Å². The molecule has 1 heterocycles. The lowest BCUT2D eigenvalue weighted by atomic mass is 9.89. The molecule has 2 aromatic rings. The smallest absolute Gasteiger partial charge is 0.222 e. The van der Waals surface area contributed by atoms with E-state index in [1.807, 2.05) is 17.0 Å². The summed E-state index contributed by atoms with van der Waals surface area (Å²) in [5.74, 6) is 0.969. The van der Waals surface area contributed by atoms with Crippen LogP contribution in [0.1, 0.15) is 31.2 Å². The second kappa shape index (κ2) is 8.66. The molecule has 0 atom stereocenters. The van der Waals surface area contributed by atoms with Gasteiger partial charge in [0.1, 0.15) is 0 Å².